The molecule has 7 heteroatoms. The molecule has 0 amide bonds. The normalized spacial score (nSPS) is 17.0. The van der Waals surface area contributed by atoms with Crippen LogP contribution in [0, 0.1) is 0 Å². The molecule has 2 aromatic rings. The van der Waals surface area contributed by atoms with Gasteiger partial charge in [-0.05, 0) is 54.9 Å². The standard InChI is InChI=1S/C15H14F3NO2S/c16-15(17,18)9-1-2-10-11(7-9)22-13(14(20)21)12(10)8-3-5-19-6-4-8/h1-2,7-8,19H,3-6H2,(H,20,21). The number of fused-ring (bicyclic) bond motifs is 1. The highest BCUT2D eigenvalue weighted by Crippen LogP contribution is 2.42. The Balaban J connectivity index is 2.16. The Labute approximate surface area is 128 Å². The summed E-state index contributed by atoms with van der Waals surface area (Å²) in [5, 5.41) is 13.2. The van der Waals surface area contributed by atoms with Gasteiger partial charge in [-0.1, -0.05) is 6.07 Å². The Morgan fingerprint density at radius 3 is 2.55 bits per heavy atom. The zero-order valence-corrected chi connectivity index (χ0v) is 12.4. The van der Waals surface area contributed by atoms with Gasteiger partial charge in [-0.15, -0.1) is 11.3 Å². The predicted octanol–water partition coefficient (Wildman–Crippen LogP) is 4.09. The first kappa shape index (κ1) is 15.3. The number of halogens is 3. The monoisotopic (exact) mass is 329 g/mol. The molecule has 3 nitrogen and oxygen atoms in total. The average molecular weight is 329 g/mol. The van der Waals surface area contributed by atoms with E-state index in [9.17, 15) is 23.1 Å². The molecule has 2 heterocycles. The zero-order chi connectivity index (χ0) is 15.9. The fraction of sp³-hybridized carbons (Fsp3) is 0.400. The molecule has 0 saturated carbocycles. The van der Waals surface area contributed by atoms with E-state index in [1.54, 1.807) is 0 Å². The van der Waals surface area contributed by atoms with E-state index in [2.05, 4.69) is 5.32 Å². The van der Waals surface area contributed by atoms with Crippen molar-refractivity contribution < 1.29 is 23.1 Å². The Morgan fingerprint density at radius 2 is 1.95 bits per heavy atom. The van der Waals surface area contributed by atoms with Gasteiger partial charge in [0.05, 0.1) is 5.56 Å². The first-order valence-electron chi connectivity index (χ1n) is 6.95. The summed E-state index contributed by atoms with van der Waals surface area (Å²) in [5.41, 5.74) is -0.0437. The van der Waals surface area contributed by atoms with Crippen LogP contribution in [0.2, 0.25) is 0 Å². The van der Waals surface area contributed by atoms with E-state index < -0.39 is 17.7 Å². The summed E-state index contributed by atoms with van der Waals surface area (Å²) in [4.78, 5) is 11.7. The third-order valence-electron chi connectivity index (χ3n) is 4.00. The van der Waals surface area contributed by atoms with Gasteiger partial charge in [-0.3, -0.25) is 0 Å². The second-order valence-electron chi connectivity index (χ2n) is 5.38. The fourth-order valence-electron chi connectivity index (χ4n) is 2.97. The minimum Gasteiger partial charge on any atom is -0.477 e. The summed E-state index contributed by atoms with van der Waals surface area (Å²) >= 11 is 0.936. The molecule has 1 saturated heterocycles. The van der Waals surface area contributed by atoms with Crippen molar-refractivity contribution in [2.75, 3.05) is 13.1 Å². The topological polar surface area (TPSA) is 49.3 Å². The van der Waals surface area contributed by atoms with E-state index in [4.69, 9.17) is 0 Å². The lowest BCUT2D eigenvalue weighted by atomic mass is 9.88. The molecule has 3 rings (SSSR count). The van der Waals surface area contributed by atoms with Gasteiger partial charge >= 0.3 is 12.1 Å². The molecule has 0 bridgehead atoms. The summed E-state index contributed by atoms with van der Waals surface area (Å²) in [6.45, 7) is 1.59. The first-order chi connectivity index (χ1) is 10.4. The summed E-state index contributed by atoms with van der Waals surface area (Å²) in [5.74, 6) is -0.985. The molecule has 1 fully saturated rings. The summed E-state index contributed by atoms with van der Waals surface area (Å²) in [6.07, 6.45) is -2.82. The number of carboxylic acids is 1. The maximum absolute atomic E-state index is 12.8. The van der Waals surface area contributed by atoms with Crippen LogP contribution in [0.3, 0.4) is 0 Å². The Bertz CT molecular complexity index is 717. The molecule has 0 radical (unpaired) electrons. The van der Waals surface area contributed by atoms with Gasteiger partial charge in [0.15, 0.2) is 0 Å². The number of thiophene rings is 1. The molecule has 1 aromatic carbocycles. The van der Waals surface area contributed by atoms with Crippen molar-refractivity contribution in [2.24, 2.45) is 0 Å². The van der Waals surface area contributed by atoms with Gasteiger partial charge in [0.1, 0.15) is 4.88 Å². The zero-order valence-electron chi connectivity index (χ0n) is 11.5. The molecule has 0 spiro atoms. The van der Waals surface area contributed by atoms with Crippen LogP contribution < -0.4 is 5.32 Å². The maximum Gasteiger partial charge on any atom is 0.416 e. The summed E-state index contributed by atoms with van der Waals surface area (Å²) in [7, 11) is 0. The Kier molecular flexibility index (Phi) is 3.86. The van der Waals surface area contributed by atoms with Crippen LogP contribution in [-0.2, 0) is 6.18 Å². The second kappa shape index (κ2) is 5.55. The van der Waals surface area contributed by atoms with Gasteiger partial charge in [-0.25, -0.2) is 4.79 Å². The number of aromatic carboxylic acids is 1. The van der Waals surface area contributed by atoms with Crippen molar-refractivity contribution in [3.8, 4) is 0 Å². The van der Waals surface area contributed by atoms with Crippen LogP contribution in [0.5, 0.6) is 0 Å². The predicted molar refractivity (Wildman–Crippen MR) is 78.6 cm³/mol. The minimum atomic E-state index is -4.42. The molecule has 118 valence electrons. The van der Waals surface area contributed by atoms with E-state index in [1.165, 1.54) is 6.07 Å². The number of benzene rings is 1. The number of carbonyl (C=O) groups is 1. The van der Waals surface area contributed by atoms with Gasteiger partial charge in [0.25, 0.3) is 0 Å². The van der Waals surface area contributed by atoms with Crippen LogP contribution in [0.25, 0.3) is 10.1 Å². The molecular formula is C15H14F3NO2S. The lowest BCUT2D eigenvalue weighted by Gasteiger charge is -2.23. The quantitative estimate of drug-likeness (QED) is 0.873. The highest BCUT2D eigenvalue weighted by molar-refractivity contribution is 7.21. The maximum atomic E-state index is 12.8. The van der Waals surface area contributed by atoms with Crippen LogP contribution in [0.15, 0.2) is 18.2 Å². The van der Waals surface area contributed by atoms with Crippen LogP contribution in [-0.4, -0.2) is 24.2 Å². The van der Waals surface area contributed by atoms with Gasteiger partial charge in [0.2, 0.25) is 0 Å². The number of piperidine rings is 1. The van der Waals surface area contributed by atoms with E-state index in [1.807, 2.05) is 0 Å². The van der Waals surface area contributed by atoms with Crippen molar-refractivity contribution in [1.82, 2.24) is 5.32 Å². The number of nitrogens with one attached hydrogen (secondary N) is 1. The molecule has 1 aromatic heterocycles. The first-order valence-corrected chi connectivity index (χ1v) is 7.77. The van der Waals surface area contributed by atoms with E-state index in [0.29, 0.717) is 15.6 Å². The summed E-state index contributed by atoms with van der Waals surface area (Å²) < 4.78 is 38.8. The number of rotatable bonds is 2. The molecule has 22 heavy (non-hydrogen) atoms. The van der Waals surface area contributed by atoms with Crippen LogP contribution in [0.4, 0.5) is 13.2 Å². The highest BCUT2D eigenvalue weighted by Gasteiger charge is 2.32. The molecule has 1 aliphatic rings. The number of alkyl halides is 3. The number of carboxylic acid groups (broad SMARTS) is 1. The molecule has 1 aliphatic heterocycles. The Hall–Kier alpha value is -1.60. The average Bonchev–Trinajstić information content (AvgIpc) is 2.86. The van der Waals surface area contributed by atoms with Crippen molar-refractivity contribution >= 4 is 27.4 Å². The van der Waals surface area contributed by atoms with Crippen molar-refractivity contribution in [3.05, 3.63) is 34.2 Å². The summed E-state index contributed by atoms with van der Waals surface area (Å²) in [6, 6.07) is 3.50. The third-order valence-corrected chi connectivity index (χ3v) is 5.15. The van der Waals surface area contributed by atoms with Crippen LogP contribution >= 0.6 is 11.3 Å². The number of hydrogen-bond donors (Lipinski definition) is 2. The largest absolute Gasteiger partial charge is 0.477 e. The molecule has 0 aliphatic carbocycles. The Morgan fingerprint density at radius 1 is 1.27 bits per heavy atom. The van der Waals surface area contributed by atoms with Gasteiger partial charge < -0.3 is 10.4 Å². The molecule has 0 unspecified atom stereocenters. The highest BCUT2D eigenvalue weighted by atomic mass is 32.1. The second-order valence-corrected chi connectivity index (χ2v) is 6.44. The molecule has 2 N–H and O–H groups in total. The minimum absolute atomic E-state index is 0.0813. The van der Waals surface area contributed by atoms with Gasteiger partial charge in [-0.2, -0.15) is 13.2 Å². The molecule has 0 atom stereocenters. The van der Waals surface area contributed by atoms with Crippen LogP contribution in [0.1, 0.15) is 39.6 Å². The lowest BCUT2D eigenvalue weighted by molar-refractivity contribution is -0.137. The van der Waals surface area contributed by atoms with E-state index >= 15 is 0 Å². The van der Waals surface area contributed by atoms with Gasteiger partial charge in [0, 0.05) is 4.70 Å². The SMILES string of the molecule is O=C(O)c1sc2cc(C(F)(F)F)ccc2c1C1CCNCC1. The van der Waals surface area contributed by atoms with E-state index in [0.717, 1.165) is 49.4 Å². The molecular weight excluding hydrogens is 315 g/mol. The smallest absolute Gasteiger partial charge is 0.416 e. The number of hydrogen-bond acceptors (Lipinski definition) is 3. The van der Waals surface area contributed by atoms with Crippen molar-refractivity contribution in [3.63, 3.8) is 0 Å². The fourth-order valence-corrected chi connectivity index (χ4v) is 4.14. The van der Waals surface area contributed by atoms with E-state index in [-0.39, 0.29) is 10.8 Å². The van der Waals surface area contributed by atoms with Crippen molar-refractivity contribution in [1.29, 1.82) is 0 Å². The van der Waals surface area contributed by atoms with Crippen molar-refractivity contribution in [2.45, 2.75) is 24.9 Å². The lowest BCUT2D eigenvalue weighted by Crippen LogP contribution is -2.27. The third kappa shape index (κ3) is 2.70.